The number of piperazine rings is 1. The number of benzene rings is 1. The molecule has 0 unspecified atom stereocenters. The maximum absolute atomic E-state index is 14.7. The number of anilines is 2. The summed E-state index contributed by atoms with van der Waals surface area (Å²) in [5.74, 6) is 0.485. The number of hydrogen-bond donors (Lipinski definition) is 1. The molecule has 0 radical (unpaired) electrons. The van der Waals surface area contributed by atoms with Crippen molar-refractivity contribution in [2.24, 2.45) is 0 Å². The van der Waals surface area contributed by atoms with E-state index in [-0.39, 0.29) is 29.9 Å². The Hall–Kier alpha value is -3.89. The van der Waals surface area contributed by atoms with Crippen LogP contribution in [0.2, 0.25) is 0 Å². The molecule has 1 fully saturated rings. The highest BCUT2D eigenvalue weighted by atomic mass is 19.3. The number of carbonyl (C=O) groups excluding carboxylic acids is 1. The lowest BCUT2D eigenvalue weighted by molar-refractivity contribution is -0.129. The number of alkyl halides is 2. The average molecular weight is 486 g/mol. The molecule has 3 heterocycles. The monoisotopic (exact) mass is 486 g/mol. The molecule has 0 spiro atoms. The molecule has 0 atom stereocenters. The topological polar surface area (TPSA) is 83.5 Å². The van der Waals surface area contributed by atoms with E-state index in [1.165, 1.54) is 24.4 Å². The van der Waals surface area contributed by atoms with Crippen LogP contribution in [-0.2, 0) is 17.9 Å². The van der Waals surface area contributed by atoms with Gasteiger partial charge in [-0.25, -0.2) is 13.2 Å². The molecule has 1 N–H and O–H groups in total. The molecule has 1 saturated heterocycles. The lowest BCUT2D eigenvalue weighted by Crippen LogP contribution is -2.48. The van der Waals surface area contributed by atoms with Crippen molar-refractivity contribution in [1.29, 1.82) is 0 Å². The van der Waals surface area contributed by atoms with Gasteiger partial charge in [-0.05, 0) is 29.8 Å². The SMILES string of the molecule is CC(=O)N1CCN(c2ccc(CNc3ccc(OCc4ccc(C(F)F)nc4)nn3)cc2F)CC1. The van der Waals surface area contributed by atoms with Crippen LogP contribution < -0.4 is 15.0 Å². The molecule has 35 heavy (non-hydrogen) atoms. The number of rotatable bonds is 8. The van der Waals surface area contributed by atoms with Crippen molar-refractivity contribution in [1.82, 2.24) is 20.1 Å². The van der Waals surface area contributed by atoms with E-state index < -0.39 is 6.43 Å². The quantitative estimate of drug-likeness (QED) is 0.519. The number of halogens is 3. The molecule has 8 nitrogen and oxygen atoms in total. The summed E-state index contributed by atoms with van der Waals surface area (Å²) in [7, 11) is 0. The molecule has 1 amide bonds. The second kappa shape index (κ2) is 11.0. The van der Waals surface area contributed by atoms with Gasteiger partial charge in [0.05, 0.1) is 5.69 Å². The van der Waals surface area contributed by atoms with E-state index >= 15 is 0 Å². The second-order valence-corrected chi connectivity index (χ2v) is 8.07. The fraction of sp³-hybridized carbons (Fsp3) is 0.333. The maximum atomic E-state index is 14.7. The van der Waals surface area contributed by atoms with Crippen molar-refractivity contribution in [3.8, 4) is 5.88 Å². The zero-order valence-corrected chi connectivity index (χ0v) is 19.1. The van der Waals surface area contributed by atoms with Crippen LogP contribution in [0, 0.1) is 5.82 Å². The molecule has 0 aliphatic carbocycles. The van der Waals surface area contributed by atoms with Gasteiger partial charge in [-0.3, -0.25) is 9.78 Å². The number of aromatic nitrogens is 3. The van der Waals surface area contributed by atoms with Crippen LogP contribution in [0.4, 0.5) is 24.7 Å². The van der Waals surface area contributed by atoms with Crippen LogP contribution in [0.15, 0.2) is 48.7 Å². The summed E-state index contributed by atoms with van der Waals surface area (Å²) in [4.78, 5) is 18.9. The van der Waals surface area contributed by atoms with E-state index in [9.17, 15) is 18.0 Å². The average Bonchev–Trinajstić information content (AvgIpc) is 2.87. The Kier molecular flexibility index (Phi) is 7.64. The number of nitrogens with zero attached hydrogens (tertiary/aromatic N) is 5. The smallest absolute Gasteiger partial charge is 0.280 e. The van der Waals surface area contributed by atoms with Gasteiger partial charge in [-0.1, -0.05) is 12.1 Å². The third kappa shape index (κ3) is 6.37. The van der Waals surface area contributed by atoms with Crippen molar-refractivity contribution < 1.29 is 22.7 Å². The fourth-order valence-electron chi connectivity index (χ4n) is 3.67. The molecular formula is C24H25F3N6O2. The molecule has 2 aromatic heterocycles. The minimum Gasteiger partial charge on any atom is -0.472 e. The minimum absolute atomic E-state index is 0.0356. The van der Waals surface area contributed by atoms with E-state index in [0.29, 0.717) is 49.8 Å². The Morgan fingerprint density at radius 1 is 1.06 bits per heavy atom. The summed E-state index contributed by atoms with van der Waals surface area (Å²) >= 11 is 0. The second-order valence-electron chi connectivity index (χ2n) is 8.07. The van der Waals surface area contributed by atoms with Gasteiger partial charge in [0.1, 0.15) is 23.9 Å². The standard InChI is InChI=1S/C24H25F3N6O2/c1-16(34)32-8-10-33(11-9-32)21-5-3-17(12-19(21)25)13-29-22-6-7-23(31-30-22)35-15-18-2-4-20(24(26)27)28-14-18/h2-7,12,14,24H,8-11,13,15H2,1H3,(H,29,30). The number of pyridine rings is 1. The summed E-state index contributed by atoms with van der Waals surface area (Å²) < 4.78 is 45.3. The van der Waals surface area contributed by atoms with Gasteiger partial charge >= 0.3 is 0 Å². The lowest BCUT2D eigenvalue weighted by atomic mass is 10.1. The van der Waals surface area contributed by atoms with Gasteiger partial charge in [0.2, 0.25) is 11.8 Å². The largest absolute Gasteiger partial charge is 0.472 e. The first-order valence-corrected chi connectivity index (χ1v) is 11.1. The van der Waals surface area contributed by atoms with E-state index in [2.05, 4.69) is 20.5 Å². The lowest BCUT2D eigenvalue weighted by Gasteiger charge is -2.35. The first-order chi connectivity index (χ1) is 16.9. The molecule has 1 aliphatic heterocycles. The van der Waals surface area contributed by atoms with Crippen molar-refractivity contribution in [2.45, 2.75) is 26.5 Å². The Morgan fingerprint density at radius 2 is 1.83 bits per heavy atom. The van der Waals surface area contributed by atoms with Crippen molar-refractivity contribution >= 4 is 17.4 Å². The summed E-state index contributed by atoms with van der Waals surface area (Å²) in [5.41, 5.74) is 1.61. The highest BCUT2D eigenvalue weighted by Gasteiger charge is 2.21. The highest BCUT2D eigenvalue weighted by Crippen LogP contribution is 2.23. The Morgan fingerprint density at radius 3 is 2.43 bits per heavy atom. The predicted molar refractivity (Wildman–Crippen MR) is 124 cm³/mol. The number of ether oxygens (including phenoxy) is 1. The van der Waals surface area contributed by atoms with Crippen LogP contribution in [0.25, 0.3) is 0 Å². The summed E-state index contributed by atoms with van der Waals surface area (Å²) in [5, 5.41) is 11.1. The van der Waals surface area contributed by atoms with Crippen LogP contribution >= 0.6 is 0 Å². The molecular weight excluding hydrogens is 461 g/mol. The molecule has 0 bridgehead atoms. The molecule has 1 aliphatic rings. The third-order valence-corrected chi connectivity index (χ3v) is 5.65. The summed E-state index contributed by atoms with van der Waals surface area (Å²) in [6, 6.07) is 11.2. The normalized spacial score (nSPS) is 13.7. The molecule has 3 aromatic rings. The molecule has 4 rings (SSSR count). The van der Waals surface area contributed by atoms with Crippen molar-refractivity contribution in [3.63, 3.8) is 0 Å². The van der Waals surface area contributed by atoms with E-state index in [1.54, 1.807) is 30.0 Å². The number of nitrogens with one attached hydrogen (secondary N) is 1. The van der Waals surface area contributed by atoms with Crippen LogP contribution in [-0.4, -0.2) is 52.2 Å². The number of hydrogen-bond acceptors (Lipinski definition) is 7. The number of carbonyl (C=O) groups is 1. The molecule has 184 valence electrons. The molecule has 0 saturated carbocycles. The van der Waals surface area contributed by atoms with Gasteiger partial charge in [-0.15, -0.1) is 10.2 Å². The highest BCUT2D eigenvalue weighted by molar-refractivity contribution is 5.73. The van der Waals surface area contributed by atoms with Crippen LogP contribution in [0.3, 0.4) is 0 Å². The van der Waals surface area contributed by atoms with Crippen molar-refractivity contribution in [2.75, 3.05) is 36.4 Å². The van der Waals surface area contributed by atoms with Crippen LogP contribution in [0.1, 0.15) is 30.2 Å². The minimum atomic E-state index is -2.61. The zero-order valence-electron chi connectivity index (χ0n) is 19.1. The van der Waals surface area contributed by atoms with Crippen molar-refractivity contribution in [3.05, 3.63) is 71.3 Å². The Bertz CT molecular complexity index is 1140. The first kappa shape index (κ1) is 24.2. The van der Waals surface area contributed by atoms with Crippen LogP contribution in [0.5, 0.6) is 5.88 Å². The fourth-order valence-corrected chi connectivity index (χ4v) is 3.67. The Balaban J connectivity index is 1.26. The van der Waals surface area contributed by atoms with E-state index in [4.69, 9.17) is 4.74 Å². The van der Waals surface area contributed by atoms with Gasteiger partial charge < -0.3 is 19.9 Å². The van der Waals surface area contributed by atoms with E-state index in [0.717, 1.165) is 5.56 Å². The van der Waals surface area contributed by atoms with Gasteiger partial charge in [0, 0.05) is 57.5 Å². The maximum Gasteiger partial charge on any atom is 0.280 e. The van der Waals surface area contributed by atoms with Gasteiger partial charge in [0.15, 0.2) is 0 Å². The molecule has 1 aromatic carbocycles. The molecule has 11 heteroatoms. The summed E-state index contributed by atoms with van der Waals surface area (Å²) in [6.07, 6.45) is -1.28. The zero-order chi connectivity index (χ0) is 24.8. The number of amides is 1. The summed E-state index contributed by atoms with van der Waals surface area (Å²) in [6.45, 7) is 4.36. The third-order valence-electron chi connectivity index (χ3n) is 5.65. The van der Waals surface area contributed by atoms with Gasteiger partial charge in [0.25, 0.3) is 6.43 Å². The Labute approximate surface area is 200 Å². The van der Waals surface area contributed by atoms with Gasteiger partial charge in [-0.2, -0.15) is 0 Å². The van der Waals surface area contributed by atoms with E-state index in [1.807, 2.05) is 11.0 Å². The predicted octanol–water partition coefficient (Wildman–Crippen LogP) is 3.81. The first-order valence-electron chi connectivity index (χ1n) is 11.1.